The van der Waals surface area contributed by atoms with Gasteiger partial charge in [0.2, 0.25) is 11.8 Å². The number of nitrogens with zero attached hydrogens (tertiary/aromatic N) is 1. The van der Waals surface area contributed by atoms with Gasteiger partial charge in [-0.25, -0.2) is 0 Å². The maximum atomic E-state index is 13.4. The molecular formula is C25H34N2O3. The van der Waals surface area contributed by atoms with Gasteiger partial charge in [-0.15, -0.1) is 0 Å². The first kappa shape index (κ1) is 23.5. The second-order valence-corrected chi connectivity index (χ2v) is 7.71. The predicted molar refractivity (Wildman–Crippen MR) is 120 cm³/mol. The van der Waals surface area contributed by atoms with Crippen molar-refractivity contribution >= 4 is 11.8 Å². The standard InChI is InChI=1S/C25H34N2O3/c1-6-19(4)26-25(29)23(7-2)27(17-20-12-14-22(30-5)15-13-20)24(28)16-21-11-9-8-10-18(21)3/h8-15,19,23H,6-7,16-17H2,1-5H3,(H,26,29)/t19-,23+/m0/s1. The van der Waals surface area contributed by atoms with E-state index in [0.717, 1.165) is 28.9 Å². The van der Waals surface area contributed by atoms with E-state index in [1.165, 1.54) is 0 Å². The molecule has 1 N–H and O–H groups in total. The summed E-state index contributed by atoms with van der Waals surface area (Å²) in [6, 6.07) is 15.1. The van der Waals surface area contributed by atoms with Gasteiger partial charge in [0.15, 0.2) is 0 Å². The summed E-state index contributed by atoms with van der Waals surface area (Å²) in [7, 11) is 1.62. The van der Waals surface area contributed by atoms with Gasteiger partial charge in [0, 0.05) is 12.6 Å². The Bertz CT molecular complexity index is 833. The number of methoxy groups -OCH3 is 1. The minimum Gasteiger partial charge on any atom is -0.497 e. The molecule has 0 saturated heterocycles. The first-order valence-electron chi connectivity index (χ1n) is 10.7. The third-order valence-electron chi connectivity index (χ3n) is 5.50. The second kappa shape index (κ2) is 11.4. The van der Waals surface area contributed by atoms with Gasteiger partial charge < -0.3 is 15.0 Å². The number of aryl methyl sites for hydroxylation is 1. The largest absolute Gasteiger partial charge is 0.497 e. The summed E-state index contributed by atoms with van der Waals surface area (Å²) in [5, 5.41) is 3.04. The van der Waals surface area contributed by atoms with Crippen molar-refractivity contribution in [2.75, 3.05) is 7.11 Å². The lowest BCUT2D eigenvalue weighted by Crippen LogP contribution is -2.51. The van der Waals surface area contributed by atoms with Crippen LogP contribution in [0.1, 0.15) is 50.3 Å². The minimum atomic E-state index is -0.516. The average Bonchev–Trinajstić information content (AvgIpc) is 2.75. The molecule has 2 atom stereocenters. The molecule has 30 heavy (non-hydrogen) atoms. The van der Waals surface area contributed by atoms with E-state index in [9.17, 15) is 9.59 Å². The summed E-state index contributed by atoms with van der Waals surface area (Å²) in [6.45, 7) is 8.34. The van der Waals surface area contributed by atoms with E-state index in [4.69, 9.17) is 4.74 Å². The lowest BCUT2D eigenvalue weighted by Gasteiger charge is -2.31. The van der Waals surface area contributed by atoms with Crippen molar-refractivity contribution in [3.63, 3.8) is 0 Å². The van der Waals surface area contributed by atoms with Gasteiger partial charge in [-0.1, -0.05) is 50.2 Å². The van der Waals surface area contributed by atoms with Gasteiger partial charge in [-0.05, 0) is 55.5 Å². The zero-order valence-corrected chi connectivity index (χ0v) is 18.8. The van der Waals surface area contributed by atoms with Gasteiger partial charge in [0.05, 0.1) is 13.5 Å². The molecule has 5 nitrogen and oxygen atoms in total. The van der Waals surface area contributed by atoms with Crippen molar-refractivity contribution in [3.8, 4) is 5.75 Å². The van der Waals surface area contributed by atoms with Crippen LogP contribution in [0.5, 0.6) is 5.75 Å². The smallest absolute Gasteiger partial charge is 0.243 e. The molecule has 5 heteroatoms. The maximum absolute atomic E-state index is 13.4. The van der Waals surface area contributed by atoms with Crippen LogP contribution >= 0.6 is 0 Å². The van der Waals surface area contributed by atoms with E-state index >= 15 is 0 Å². The Morgan fingerprint density at radius 3 is 2.27 bits per heavy atom. The third-order valence-corrected chi connectivity index (χ3v) is 5.50. The van der Waals surface area contributed by atoms with Crippen molar-refractivity contribution in [2.24, 2.45) is 0 Å². The number of rotatable bonds is 10. The lowest BCUT2D eigenvalue weighted by atomic mass is 10.0. The highest BCUT2D eigenvalue weighted by molar-refractivity contribution is 5.88. The van der Waals surface area contributed by atoms with Gasteiger partial charge in [0.1, 0.15) is 11.8 Å². The van der Waals surface area contributed by atoms with Crippen molar-refractivity contribution in [2.45, 2.75) is 65.6 Å². The molecule has 0 unspecified atom stereocenters. The Hall–Kier alpha value is -2.82. The fourth-order valence-corrected chi connectivity index (χ4v) is 3.36. The first-order valence-corrected chi connectivity index (χ1v) is 10.7. The Morgan fingerprint density at radius 2 is 1.70 bits per heavy atom. The molecule has 0 aliphatic carbocycles. The van der Waals surface area contributed by atoms with Gasteiger partial charge in [-0.3, -0.25) is 9.59 Å². The molecule has 2 rings (SSSR count). The van der Waals surface area contributed by atoms with Crippen LogP contribution in [0, 0.1) is 6.92 Å². The third kappa shape index (κ3) is 6.34. The Kier molecular flexibility index (Phi) is 8.90. The summed E-state index contributed by atoms with van der Waals surface area (Å²) in [6.07, 6.45) is 1.67. The van der Waals surface area contributed by atoms with E-state index in [2.05, 4.69) is 5.32 Å². The number of hydrogen-bond acceptors (Lipinski definition) is 3. The number of ether oxygens (including phenoxy) is 1. The predicted octanol–water partition coefficient (Wildman–Crippen LogP) is 4.27. The molecule has 162 valence electrons. The van der Waals surface area contributed by atoms with Gasteiger partial charge in [0.25, 0.3) is 0 Å². The molecule has 2 aromatic rings. The zero-order valence-electron chi connectivity index (χ0n) is 18.8. The van der Waals surface area contributed by atoms with Crippen LogP contribution in [0.4, 0.5) is 0 Å². The van der Waals surface area contributed by atoms with Crippen LogP contribution in [0.25, 0.3) is 0 Å². The average molecular weight is 411 g/mol. The number of hydrogen-bond donors (Lipinski definition) is 1. The lowest BCUT2D eigenvalue weighted by molar-refractivity contribution is -0.141. The molecule has 0 saturated carbocycles. The van der Waals surface area contributed by atoms with Crippen molar-refractivity contribution in [3.05, 3.63) is 65.2 Å². The topological polar surface area (TPSA) is 58.6 Å². The summed E-state index contributed by atoms with van der Waals surface area (Å²) < 4.78 is 5.23. The summed E-state index contributed by atoms with van der Waals surface area (Å²) >= 11 is 0. The quantitative estimate of drug-likeness (QED) is 0.636. The van der Waals surface area contributed by atoms with Crippen LogP contribution in [-0.4, -0.2) is 35.9 Å². The van der Waals surface area contributed by atoms with Crippen molar-refractivity contribution in [1.82, 2.24) is 10.2 Å². The molecule has 0 bridgehead atoms. The Morgan fingerprint density at radius 1 is 1.03 bits per heavy atom. The zero-order chi connectivity index (χ0) is 22.1. The van der Waals surface area contributed by atoms with E-state index in [0.29, 0.717) is 13.0 Å². The van der Waals surface area contributed by atoms with Crippen LogP contribution < -0.4 is 10.1 Å². The van der Waals surface area contributed by atoms with Gasteiger partial charge in [-0.2, -0.15) is 0 Å². The first-order chi connectivity index (χ1) is 14.4. The van der Waals surface area contributed by atoms with E-state index in [1.807, 2.05) is 76.2 Å². The normalized spacial score (nSPS) is 12.7. The maximum Gasteiger partial charge on any atom is 0.243 e. The Labute approximate surface area is 180 Å². The molecule has 0 spiro atoms. The van der Waals surface area contributed by atoms with Crippen LogP contribution in [-0.2, 0) is 22.6 Å². The molecule has 2 aromatic carbocycles. The second-order valence-electron chi connectivity index (χ2n) is 7.71. The van der Waals surface area contributed by atoms with Crippen molar-refractivity contribution in [1.29, 1.82) is 0 Å². The molecule has 0 heterocycles. The molecule has 0 aliphatic heterocycles. The highest BCUT2D eigenvalue weighted by atomic mass is 16.5. The van der Waals surface area contributed by atoms with Crippen LogP contribution in [0.2, 0.25) is 0 Å². The van der Waals surface area contributed by atoms with Crippen LogP contribution in [0.3, 0.4) is 0 Å². The number of carbonyl (C=O) groups excluding carboxylic acids is 2. The van der Waals surface area contributed by atoms with E-state index < -0.39 is 6.04 Å². The Balaban J connectivity index is 2.30. The molecule has 0 aliphatic rings. The molecule has 0 radical (unpaired) electrons. The molecule has 0 fully saturated rings. The highest BCUT2D eigenvalue weighted by Crippen LogP contribution is 2.18. The number of benzene rings is 2. The fraction of sp³-hybridized carbons (Fsp3) is 0.440. The number of carbonyl (C=O) groups is 2. The molecular weight excluding hydrogens is 376 g/mol. The number of nitrogens with one attached hydrogen (secondary N) is 1. The fourth-order valence-electron chi connectivity index (χ4n) is 3.36. The monoisotopic (exact) mass is 410 g/mol. The van der Waals surface area contributed by atoms with E-state index in [-0.39, 0.29) is 24.3 Å². The van der Waals surface area contributed by atoms with Gasteiger partial charge >= 0.3 is 0 Å². The summed E-state index contributed by atoms with van der Waals surface area (Å²) in [5.41, 5.74) is 3.02. The minimum absolute atomic E-state index is 0.0498. The van der Waals surface area contributed by atoms with Crippen LogP contribution in [0.15, 0.2) is 48.5 Å². The van der Waals surface area contributed by atoms with E-state index in [1.54, 1.807) is 12.0 Å². The molecule has 0 aromatic heterocycles. The summed E-state index contributed by atoms with van der Waals surface area (Å²) in [4.78, 5) is 28.1. The highest BCUT2D eigenvalue weighted by Gasteiger charge is 2.29. The van der Waals surface area contributed by atoms with Crippen molar-refractivity contribution < 1.29 is 14.3 Å². The summed E-state index contributed by atoms with van der Waals surface area (Å²) in [5.74, 6) is 0.614. The SMILES string of the molecule is CC[C@H](C(=O)N[C@@H](C)CC)N(Cc1ccc(OC)cc1)C(=O)Cc1ccccc1C. The molecule has 2 amide bonds. The number of amides is 2.